The molecule has 0 aliphatic heterocycles. The maximum Gasteiger partial charge on any atom is 0.342 e. The zero-order valence-electron chi connectivity index (χ0n) is 25.3. The van der Waals surface area contributed by atoms with Gasteiger partial charge in [0.25, 0.3) is 0 Å². The average molecular weight is 877 g/mol. The van der Waals surface area contributed by atoms with Gasteiger partial charge in [0.05, 0.1) is 8.95 Å². The third-order valence-corrected chi connectivity index (χ3v) is 7.54. The summed E-state index contributed by atoms with van der Waals surface area (Å²) >= 11 is 13.4. The fourth-order valence-corrected chi connectivity index (χ4v) is 6.39. The van der Waals surface area contributed by atoms with E-state index in [1.807, 2.05) is 0 Å². The summed E-state index contributed by atoms with van der Waals surface area (Å²) in [5, 5.41) is 0. The van der Waals surface area contributed by atoms with Crippen molar-refractivity contribution in [2.24, 2.45) is 0 Å². The SMILES string of the molecule is CC(C)(C)OC(=O)c1cc(Br)cc(Br)c1OC(=O)CN(CC(=O)Oc1c(Br)cc(Br)cc1C(=O)OC(C)(C)C)c1ccccc1. The number of carbonyl (C=O) groups is 4. The van der Waals surface area contributed by atoms with Gasteiger partial charge in [0.15, 0.2) is 11.5 Å². The number of esters is 4. The van der Waals surface area contributed by atoms with Gasteiger partial charge in [-0.2, -0.15) is 0 Å². The summed E-state index contributed by atoms with van der Waals surface area (Å²) < 4.78 is 24.2. The Morgan fingerprint density at radius 3 is 1.36 bits per heavy atom. The van der Waals surface area contributed by atoms with E-state index < -0.39 is 48.2 Å². The van der Waals surface area contributed by atoms with E-state index in [1.54, 1.807) is 84.0 Å². The molecule has 0 spiro atoms. The Labute approximate surface area is 295 Å². The van der Waals surface area contributed by atoms with Crippen LogP contribution >= 0.6 is 63.7 Å². The van der Waals surface area contributed by atoms with Crippen LogP contribution in [0.3, 0.4) is 0 Å². The highest BCUT2D eigenvalue weighted by Gasteiger charge is 2.28. The lowest BCUT2D eigenvalue weighted by Gasteiger charge is -2.24. The van der Waals surface area contributed by atoms with E-state index in [0.29, 0.717) is 23.6 Å². The molecule has 0 atom stereocenters. The molecule has 0 aliphatic rings. The highest BCUT2D eigenvalue weighted by molar-refractivity contribution is 9.11. The number of anilines is 1. The van der Waals surface area contributed by atoms with E-state index in [-0.39, 0.29) is 22.6 Å². The minimum atomic E-state index is -0.787. The van der Waals surface area contributed by atoms with Gasteiger partial charge in [-0.3, -0.25) is 0 Å². The molecule has 0 N–H and O–H groups in total. The number of para-hydroxylation sites is 1. The number of rotatable bonds is 9. The number of benzene rings is 3. The lowest BCUT2D eigenvalue weighted by Crippen LogP contribution is -2.38. The van der Waals surface area contributed by atoms with Gasteiger partial charge in [-0.1, -0.05) is 50.1 Å². The van der Waals surface area contributed by atoms with Crippen LogP contribution in [0.4, 0.5) is 5.69 Å². The first kappa shape index (κ1) is 36.7. The number of carbonyl (C=O) groups excluding carboxylic acids is 4. The molecule has 0 heterocycles. The maximum atomic E-state index is 13.3. The van der Waals surface area contributed by atoms with Crippen LogP contribution in [0.2, 0.25) is 0 Å². The zero-order chi connectivity index (χ0) is 33.7. The van der Waals surface area contributed by atoms with Crippen LogP contribution in [0.25, 0.3) is 0 Å². The molecule has 0 aromatic heterocycles. The predicted molar refractivity (Wildman–Crippen MR) is 184 cm³/mol. The van der Waals surface area contributed by atoms with E-state index in [9.17, 15) is 19.2 Å². The number of nitrogens with zero attached hydrogens (tertiary/aromatic N) is 1. The Hall–Kier alpha value is -2.74. The largest absolute Gasteiger partial charge is 0.456 e. The van der Waals surface area contributed by atoms with Crippen LogP contribution < -0.4 is 14.4 Å². The van der Waals surface area contributed by atoms with Crippen LogP contribution in [0.1, 0.15) is 62.3 Å². The van der Waals surface area contributed by atoms with Gasteiger partial charge in [-0.25, -0.2) is 19.2 Å². The number of halogens is 4. The Morgan fingerprint density at radius 2 is 1.00 bits per heavy atom. The third-order valence-electron chi connectivity index (χ3n) is 5.45. The van der Waals surface area contributed by atoms with Crippen LogP contribution in [-0.2, 0) is 19.1 Å². The summed E-state index contributed by atoms with van der Waals surface area (Å²) in [4.78, 5) is 54.0. The molecule has 0 radical (unpaired) electrons. The van der Waals surface area contributed by atoms with Crippen molar-refractivity contribution in [2.45, 2.75) is 52.7 Å². The number of hydrogen-bond acceptors (Lipinski definition) is 9. The molecule has 3 aromatic rings. The third kappa shape index (κ3) is 11.2. The van der Waals surface area contributed by atoms with Gasteiger partial charge in [-0.15, -0.1) is 0 Å². The van der Waals surface area contributed by atoms with Gasteiger partial charge in [0, 0.05) is 14.6 Å². The summed E-state index contributed by atoms with van der Waals surface area (Å²) in [5.41, 5.74) is -0.994. The van der Waals surface area contributed by atoms with E-state index >= 15 is 0 Å². The van der Waals surface area contributed by atoms with Crippen LogP contribution in [0.15, 0.2) is 72.5 Å². The molecular formula is C32H31Br4NO8. The second-order valence-corrected chi connectivity index (χ2v) is 15.2. The average Bonchev–Trinajstić information content (AvgIpc) is 2.89. The van der Waals surface area contributed by atoms with E-state index in [0.717, 1.165) is 0 Å². The molecule has 3 aromatic carbocycles. The second-order valence-electron chi connectivity index (χ2n) is 11.7. The van der Waals surface area contributed by atoms with Crippen LogP contribution in [-0.4, -0.2) is 48.2 Å². The maximum absolute atomic E-state index is 13.3. The van der Waals surface area contributed by atoms with Gasteiger partial charge in [-0.05, 0) is 110 Å². The number of hydrogen-bond donors (Lipinski definition) is 0. The summed E-state index contributed by atoms with van der Waals surface area (Å²) in [5.74, 6) is -2.96. The van der Waals surface area contributed by atoms with Gasteiger partial charge in [0.2, 0.25) is 0 Å². The monoisotopic (exact) mass is 873 g/mol. The molecule has 240 valence electrons. The van der Waals surface area contributed by atoms with Crippen LogP contribution in [0, 0.1) is 0 Å². The summed E-state index contributed by atoms with van der Waals surface area (Å²) in [6.07, 6.45) is 0. The minimum absolute atomic E-state index is 0.0277. The molecule has 45 heavy (non-hydrogen) atoms. The topological polar surface area (TPSA) is 108 Å². The number of ether oxygens (including phenoxy) is 4. The molecule has 0 fully saturated rings. The van der Waals surface area contributed by atoms with Crippen molar-refractivity contribution >= 4 is 93.3 Å². The molecule has 0 unspecified atom stereocenters. The van der Waals surface area contributed by atoms with Crippen molar-refractivity contribution in [1.82, 2.24) is 0 Å². The Bertz CT molecular complexity index is 1500. The lowest BCUT2D eigenvalue weighted by atomic mass is 10.1. The van der Waals surface area contributed by atoms with Crippen LogP contribution in [0.5, 0.6) is 11.5 Å². The van der Waals surface area contributed by atoms with Crippen molar-refractivity contribution in [3.05, 3.63) is 83.6 Å². The molecule has 0 bridgehead atoms. The molecule has 13 heteroatoms. The molecule has 0 aliphatic carbocycles. The Kier molecular flexibility index (Phi) is 12.4. The highest BCUT2D eigenvalue weighted by atomic mass is 79.9. The fraction of sp³-hybridized carbons (Fsp3) is 0.312. The molecule has 0 saturated carbocycles. The van der Waals surface area contributed by atoms with Crippen molar-refractivity contribution in [3.8, 4) is 11.5 Å². The molecule has 9 nitrogen and oxygen atoms in total. The van der Waals surface area contributed by atoms with Crippen molar-refractivity contribution in [1.29, 1.82) is 0 Å². The summed E-state index contributed by atoms with van der Waals surface area (Å²) in [7, 11) is 0. The summed E-state index contributed by atoms with van der Waals surface area (Å²) in [6.45, 7) is 9.57. The van der Waals surface area contributed by atoms with Crippen molar-refractivity contribution < 1.29 is 38.1 Å². The van der Waals surface area contributed by atoms with E-state index in [1.165, 1.54) is 17.0 Å². The Morgan fingerprint density at radius 1 is 0.622 bits per heavy atom. The molecular weight excluding hydrogens is 846 g/mol. The first-order valence-corrected chi connectivity index (χ1v) is 16.7. The summed E-state index contributed by atoms with van der Waals surface area (Å²) in [6, 6.07) is 14.9. The zero-order valence-corrected chi connectivity index (χ0v) is 31.7. The standard InChI is InChI=1S/C32H31Br4NO8/c1-31(2,3)44-29(40)21-12-18(33)14-23(35)27(21)42-25(38)16-37(20-10-8-7-9-11-20)17-26(39)43-28-22(13-19(34)15-24(28)36)30(41)45-32(4,5)6/h7-15H,16-17H2,1-6H3. The normalized spacial score (nSPS) is 11.4. The first-order valence-electron chi connectivity index (χ1n) is 13.5. The fourth-order valence-electron chi connectivity index (χ4n) is 3.78. The van der Waals surface area contributed by atoms with E-state index in [2.05, 4.69) is 63.7 Å². The lowest BCUT2D eigenvalue weighted by molar-refractivity contribution is -0.133. The quantitative estimate of drug-likeness (QED) is 0.154. The molecule has 0 saturated heterocycles. The Balaban J connectivity index is 1.88. The van der Waals surface area contributed by atoms with Gasteiger partial charge >= 0.3 is 23.9 Å². The predicted octanol–water partition coefficient (Wildman–Crippen LogP) is 8.66. The van der Waals surface area contributed by atoms with Gasteiger partial charge in [0.1, 0.15) is 35.4 Å². The molecule has 3 rings (SSSR count). The van der Waals surface area contributed by atoms with Gasteiger partial charge < -0.3 is 23.8 Å². The highest BCUT2D eigenvalue weighted by Crippen LogP contribution is 2.36. The van der Waals surface area contributed by atoms with Crippen molar-refractivity contribution in [2.75, 3.05) is 18.0 Å². The smallest absolute Gasteiger partial charge is 0.342 e. The van der Waals surface area contributed by atoms with Crippen molar-refractivity contribution in [3.63, 3.8) is 0 Å². The molecule has 0 amide bonds. The first-order chi connectivity index (χ1) is 20.8. The minimum Gasteiger partial charge on any atom is -0.456 e. The second kappa shape index (κ2) is 15.2. The van der Waals surface area contributed by atoms with E-state index in [4.69, 9.17) is 18.9 Å².